The summed E-state index contributed by atoms with van der Waals surface area (Å²) in [6.45, 7) is 4.04. The van der Waals surface area contributed by atoms with Crippen LogP contribution in [0, 0.1) is 11.8 Å². The maximum Gasteiger partial charge on any atom is 0.246 e. The molecule has 2 rings (SSSR count). The highest BCUT2D eigenvalue weighted by atomic mass is 32.2. The number of sulfonamides is 1. The van der Waals surface area contributed by atoms with Crippen molar-refractivity contribution in [3.63, 3.8) is 0 Å². The van der Waals surface area contributed by atoms with Crippen LogP contribution >= 0.6 is 0 Å². The van der Waals surface area contributed by atoms with E-state index in [9.17, 15) is 13.2 Å². The van der Waals surface area contributed by atoms with Gasteiger partial charge in [0.1, 0.15) is 6.61 Å². The molecule has 1 saturated carbocycles. The van der Waals surface area contributed by atoms with E-state index in [2.05, 4.69) is 12.2 Å². The first-order valence-corrected chi connectivity index (χ1v) is 10.5. The quantitative estimate of drug-likeness (QED) is 0.788. The second-order valence-electron chi connectivity index (χ2n) is 7.02. The Kier molecular flexibility index (Phi) is 6.85. The number of nitrogens with zero attached hydrogens (tertiary/aromatic N) is 1. The normalized spacial score (nSPS) is 27.7. The fourth-order valence-electron chi connectivity index (χ4n) is 3.47. The molecule has 2 fully saturated rings. The number of nitrogens with one attached hydrogen (secondary N) is 1. The van der Waals surface area contributed by atoms with Crippen LogP contribution in [0.15, 0.2) is 0 Å². The maximum atomic E-state index is 11.9. The lowest BCUT2D eigenvalue weighted by molar-refractivity contribution is -0.129. The second-order valence-corrected chi connectivity index (χ2v) is 9.00. The molecular weight excluding hydrogens is 316 g/mol. The zero-order valence-corrected chi connectivity index (χ0v) is 15.1. The molecule has 134 valence electrons. The van der Waals surface area contributed by atoms with Crippen molar-refractivity contribution in [2.45, 2.75) is 51.6 Å². The molecule has 1 N–H and O–H groups in total. The van der Waals surface area contributed by atoms with E-state index in [-0.39, 0.29) is 18.6 Å². The number of ether oxygens (including phenoxy) is 1. The van der Waals surface area contributed by atoms with Gasteiger partial charge in [-0.15, -0.1) is 0 Å². The molecule has 0 aromatic rings. The van der Waals surface area contributed by atoms with Crippen LogP contribution in [0.5, 0.6) is 0 Å². The molecule has 0 bridgehead atoms. The lowest BCUT2D eigenvalue weighted by atomic mass is 9.88. The van der Waals surface area contributed by atoms with E-state index in [1.54, 1.807) is 0 Å². The Hall–Kier alpha value is -0.660. The van der Waals surface area contributed by atoms with Crippen molar-refractivity contribution in [3.05, 3.63) is 0 Å². The predicted molar refractivity (Wildman–Crippen MR) is 89.5 cm³/mol. The van der Waals surface area contributed by atoms with Gasteiger partial charge in [-0.2, -0.15) is 0 Å². The highest BCUT2D eigenvalue weighted by Gasteiger charge is 2.25. The van der Waals surface area contributed by atoms with Crippen LogP contribution < -0.4 is 5.32 Å². The molecule has 6 nitrogen and oxygen atoms in total. The molecule has 2 aliphatic rings. The molecule has 0 spiro atoms. The Bertz CT molecular complexity index is 486. The fourth-order valence-corrected chi connectivity index (χ4v) is 4.34. The van der Waals surface area contributed by atoms with Gasteiger partial charge in [0, 0.05) is 19.6 Å². The molecule has 1 amide bonds. The minimum atomic E-state index is -3.08. The maximum absolute atomic E-state index is 11.9. The van der Waals surface area contributed by atoms with Crippen LogP contribution in [-0.4, -0.2) is 57.2 Å². The molecule has 2 atom stereocenters. The summed E-state index contributed by atoms with van der Waals surface area (Å²) in [5.74, 6) is 0.829. The van der Waals surface area contributed by atoms with Crippen molar-refractivity contribution in [1.29, 1.82) is 0 Å². The summed E-state index contributed by atoms with van der Waals surface area (Å²) >= 11 is 0. The van der Waals surface area contributed by atoms with Gasteiger partial charge < -0.3 is 10.1 Å². The Morgan fingerprint density at radius 1 is 1.17 bits per heavy atom. The number of piperidine rings is 1. The first-order valence-electron chi connectivity index (χ1n) is 8.69. The zero-order chi connectivity index (χ0) is 16.9. The SMILES string of the molecule is C[C@@H]1CCCC[C@@H]1OCC(=O)NCC1CCN(S(C)(=O)=O)CC1. The van der Waals surface area contributed by atoms with Gasteiger partial charge in [-0.1, -0.05) is 19.8 Å². The Morgan fingerprint density at radius 3 is 2.43 bits per heavy atom. The second kappa shape index (κ2) is 8.44. The van der Waals surface area contributed by atoms with Gasteiger partial charge in [0.2, 0.25) is 15.9 Å². The Balaban J connectivity index is 1.62. The molecule has 1 aliphatic carbocycles. The molecule has 1 saturated heterocycles. The molecule has 7 heteroatoms. The van der Waals surface area contributed by atoms with Crippen LogP contribution in [0.3, 0.4) is 0 Å². The van der Waals surface area contributed by atoms with E-state index in [0.717, 1.165) is 19.3 Å². The molecule has 0 aromatic carbocycles. The van der Waals surface area contributed by atoms with E-state index in [0.29, 0.717) is 31.5 Å². The van der Waals surface area contributed by atoms with E-state index in [1.807, 2.05) is 0 Å². The third-order valence-corrected chi connectivity index (χ3v) is 6.39. The number of carbonyl (C=O) groups excluding carboxylic acids is 1. The average molecular weight is 346 g/mol. The first-order chi connectivity index (χ1) is 10.9. The largest absolute Gasteiger partial charge is 0.368 e. The van der Waals surface area contributed by atoms with Crippen molar-refractivity contribution in [2.24, 2.45) is 11.8 Å². The smallest absolute Gasteiger partial charge is 0.246 e. The van der Waals surface area contributed by atoms with Crippen molar-refractivity contribution in [2.75, 3.05) is 32.5 Å². The summed E-state index contributed by atoms with van der Waals surface area (Å²) in [6.07, 6.45) is 7.76. The van der Waals surface area contributed by atoms with Crippen LogP contribution in [-0.2, 0) is 19.6 Å². The first kappa shape index (κ1) is 18.7. The van der Waals surface area contributed by atoms with Gasteiger partial charge in [0.15, 0.2) is 0 Å². The van der Waals surface area contributed by atoms with Gasteiger partial charge in [0.25, 0.3) is 0 Å². The van der Waals surface area contributed by atoms with Crippen molar-refractivity contribution in [3.8, 4) is 0 Å². The van der Waals surface area contributed by atoms with E-state index < -0.39 is 10.0 Å². The summed E-state index contributed by atoms with van der Waals surface area (Å²) in [5, 5.41) is 2.93. The van der Waals surface area contributed by atoms with E-state index >= 15 is 0 Å². The van der Waals surface area contributed by atoms with Crippen LogP contribution in [0.1, 0.15) is 45.4 Å². The molecule has 1 heterocycles. The standard InChI is InChI=1S/C16H30N2O4S/c1-13-5-3-4-6-15(13)22-12-16(19)17-11-14-7-9-18(10-8-14)23(2,20)21/h13-15H,3-12H2,1-2H3,(H,17,19)/t13-,15+/m1/s1. The topological polar surface area (TPSA) is 75.7 Å². The third-order valence-electron chi connectivity index (χ3n) is 5.09. The molecule has 0 unspecified atom stereocenters. The van der Waals surface area contributed by atoms with Gasteiger partial charge >= 0.3 is 0 Å². The van der Waals surface area contributed by atoms with E-state index in [4.69, 9.17) is 4.74 Å². The third kappa shape index (κ3) is 6.04. The van der Waals surface area contributed by atoms with Gasteiger partial charge in [-0.05, 0) is 37.5 Å². The van der Waals surface area contributed by atoms with Crippen LogP contribution in [0.2, 0.25) is 0 Å². The lowest BCUT2D eigenvalue weighted by Crippen LogP contribution is -2.42. The Labute approximate surface area is 140 Å². The van der Waals surface area contributed by atoms with Crippen LogP contribution in [0.25, 0.3) is 0 Å². The van der Waals surface area contributed by atoms with Crippen molar-refractivity contribution in [1.82, 2.24) is 9.62 Å². The highest BCUT2D eigenvalue weighted by Crippen LogP contribution is 2.26. The monoisotopic (exact) mass is 346 g/mol. The summed E-state index contributed by atoms with van der Waals surface area (Å²) < 4.78 is 30.2. The fraction of sp³-hybridized carbons (Fsp3) is 0.938. The lowest BCUT2D eigenvalue weighted by Gasteiger charge is -2.30. The number of hydrogen-bond donors (Lipinski definition) is 1. The summed E-state index contributed by atoms with van der Waals surface area (Å²) in [4.78, 5) is 11.9. The minimum absolute atomic E-state index is 0.0617. The zero-order valence-electron chi connectivity index (χ0n) is 14.3. The number of hydrogen-bond acceptors (Lipinski definition) is 4. The van der Waals surface area contributed by atoms with Gasteiger partial charge in [0.05, 0.1) is 12.4 Å². The average Bonchev–Trinajstić information content (AvgIpc) is 2.51. The molecule has 23 heavy (non-hydrogen) atoms. The summed E-state index contributed by atoms with van der Waals surface area (Å²) in [6, 6.07) is 0. The van der Waals surface area contributed by atoms with E-state index in [1.165, 1.54) is 29.8 Å². The van der Waals surface area contributed by atoms with Crippen LogP contribution in [0.4, 0.5) is 0 Å². The number of carbonyl (C=O) groups is 1. The Morgan fingerprint density at radius 2 is 1.83 bits per heavy atom. The summed E-state index contributed by atoms with van der Waals surface area (Å²) in [5.41, 5.74) is 0. The predicted octanol–water partition coefficient (Wildman–Crippen LogP) is 1.37. The molecule has 1 aliphatic heterocycles. The van der Waals surface area contributed by atoms with Gasteiger partial charge in [-0.25, -0.2) is 12.7 Å². The summed E-state index contributed by atoms with van der Waals surface area (Å²) in [7, 11) is -3.08. The van der Waals surface area contributed by atoms with Crippen molar-refractivity contribution < 1.29 is 17.9 Å². The number of rotatable bonds is 6. The molecule has 0 radical (unpaired) electrons. The van der Waals surface area contributed by atoms with Crippen molar-refractivity contribution >= 4 is 15.9 Å². The minimum Gasteiger partial charge on any atom is -0.368 e. The van der Waals surface area contributed by atoms with Gasteiger partial charge in [-0.3, -0.25) is 4.79 Å². The molecular formula is C16H30N2O4S. The molecule has 0 aromatic heterocycles. The highest BCUT2D eigenvalue weighted by molar-refractivity contribution is 7.88. The number of amides is 1.